The maximum absolute atomic E-state index is 8.11. The molecule has 98 valence electrons. The first kappa shape index (κ1) is 16.3. The normalized spacial score (nSPS) is 13.7. The van der Waals surface area contributed by atoms with Crippen molar-refractivity contribution in [3.63, 3.8) is 0 Å². The number of hydrogen-bond acceptors (Lipinski definition) is 3. The van der Waals surface area contributed by atoms with Gasteiger partial charge in [-0.15, -0.1) is 0 Å². The Morgan fingerprint density at radius 1 is 1.00 bits per heavy atom. The van der Waals surface area contributed by atoms with E-state index in [9.17, 15) is 0 Å². The Bertz CT molecular complexity index is 133. The Kier molecular flexibility index (Phi) is 13.6. The summed E-state index contributed by atoms with van der Waals surface area (Å²) in [6.07, 6.45) is 12.0. The molecular formula is C12H27O3P. The summed E-state index contributed by atoms with van der Waals surface area (Å²) in [4.78, 5) is 0. The second-order valence-electron chi connectivity index (χ2n) is 4.37. The van der Waals surface area contributed by atoms with E-state index < -0.39 is 0 Å². The maximum Gasteiger partial charge on any atom is 0.194 e. The molecule has 0 aromatic rings. The average Bonchev–Trinajstić information content (AvgIpc) is 2.30. The van der Waals surface area contributed by atoms with Crippen molar-refractivity contribution in [1.29, 1.82) is 0 Å². The number of rotatable bonds is 12. The number of unbranched alkanes of at least 4 members (excludes halogenated alkanes) is 7. The van der Waals surface area contributed by atoms with Crippen molar-refractivity contribution in [2.45, 2.75) is 77.7 Å². The standard InChI is InChI=1S/C12H27O3P/c1-3-4-5-6-7-8-9-10-11-12(2)14-16-15-13/h12-13,16H,3-11H2,1-2H3. The van der Waals surface area contributed by atoms with Crippen LogP contribution in [0, 0.1) is 0 Å². The van der Waals surface area contributed by atoms with Crippen LogP contribution in [0.15, 0.2) is 0 Å². The van der Waals surface area contributed by atoms with Crippen molar-refractivity contribution in [2.24, 2.45) is 0 Å². The van der Waals surface area contributed by atoms with Gasteiger partial charge in [0.1, 0.15) is 0 Å². The molecule has 0 aromatic heterocycles. The SMILES string of the molecule is CCCCCCCCCCC(C)OPOO. The Labute approximate surface area is 102 Å². The Morgan fingerprint density at radius 3 is 2.12 bits per heavy atom. The van der Waals surface area contributed by atoms with E-state index in [0.29, 0.717) is 0 Å². The third-order valence-electron chi connectivity index (χ3n) is 2.75. The molecule has 0 aliphatic heterocycles. The molecule has 0 fully saturated rings. The van der Waals surface area contributed by atoms with Crippen LogP contribution in [0.4, 0.5) is 0 Å². The molecule has 0 aromatic carbocycles. The molecular weight excluding hydrogens is 223 g/mol. The molecule has 0 aliphatic carbocycles. The van der Waals surface area contributed by atoms with Gasteiger partial charge in [-0.2, -0.15) is 4.67 Å². The second-order valence-corrected chi connectivity index (χ2v) is 4.95. The summed E-state index contributed by atoms with van der Waals surface area (Å²) >= 11 is 0. The van der Waals surface area contributed by atoms with Gasteiger partial charge in [-0.1, -0.05) is 58.3 Å². The lowest BCUT2D eigenvalue weighted by Gasteiger charge is -2.10. The number of hydrogen-bond donors (Lipinski definition) is 1. The van der Waals surface area contributed by atoms with E-state index in [2.05, 4.69) is 11.6 Å². The summed E-state index contributed by atoms with van der Waals surface area (Å²) in [7, 11) is -0.237. The van der Waals surface area contributed by atoms with Crippen LogP contribution in [0.5, 0.6) is 0 Å². The Balaban J connectivity index is 3.02. The summed E-state index contributed by atoms with van der Waals surface area (Å²) in [5.74, 6) is 0. The van der Waals surface area contributed by atoms with Crippen LogP contribution >= 0.6 is 9.03 Å². The highest BCUT2D eigenvalue weighted by Gasteiger charge is 2.01. The van der Waals surface area contributed by atoms with Crippen LogP contribution in [0.25, 0.3) is 0 Å². The fourth-order valence-electron chi connectivity index (χ4n) is 1.73. The molecule has 2 atom stereocenters. The molecule has 0 heterocycles. The van der Waals surface area contributed by atoms with Gasteiger partial charge in [0.25, 0.3) is 0 Å². The van der Waals surface area contributed by atoms with E-state index in [-0.39, 0.29) is 15.1 Å². The van der Waals surface area contributed by atoms with Crippen molar-refractivity contribution in [3.8, 4) is 0 Å². The molecule has 0 radical (unpaired) electrons. The summed E-state index contributed by atoms with van der Waals surface area (Å²) in [6.45, 7) is 4.27. The van der Waals surface area contributed by atoms with Crippen LogP contribution in [0.2, 0.25) is 0 Å². The van der Waals surface area contributed by atoms with E-state index in [1.165, 1.54) is 51.4 Å². The highest BCUT2D eigenvalue weighted by atomic mass is 31.1. The van der Waals surface area contributed by atoms with Gasteiger partial charge in [0, 0.05) is 0 Å². The summed E-state index contributed by atoms with van der Waals surface area (Å²) in [6, 6.07) is 0. The summed E-state index contributed by atoms with van der Waals surface area (Å²) in [5, 5.41) is 8.11. The van der Waals surface area contributed by atoms with Gasteiger partial charge in [-0.25, -0.2) is 5.26 Å². The molecule has 3 nitrogen and oxygen atoms in total. The zero-order valence-corrected chi connectivity index (χ0v) is 11.7. The summed E-state index contributed by atoms with van der Waals surface area (Å²) < 4.78 is 9.11. The third-order valence-corrected chi connectivity index (χ3v) is 3.32. The molecule has 0 spiro atoms. The van der Waals surface area contributed by atoms with Crippen molar-refractivity contribution >= 4 is 9.03 Å². The van der Waals surface area contributed by atoms with E-state index in [1.807, 2.05) is 6.92 Å². The minimum absolute atomic E-state index is 0.200. The van der Waals surface area contributed by atoms with Gasteiger partial charge >= 0.3 is 0 Å². The molecule has 1 N–H and O–H groups in total. The van der Waals surface area contributed by atoms with E-state index in [4.69, 9.17) is 9.78 Å². The second kappa shape index (κ2) is 13.4. The highest BCUT2D eigenvalue weighted by molar-refractivity contribution is 7.26. The molecule has 0 bridgehead atoms. The first-order valence-corrected chi connectivity index (χ1v) is 7.34. The molecule has 0 amide bonds. The van der Waals surface area contributed by atoms with Crippen LogP contribution in [0.1, 0.15) is 71.6 Å². The van der Waals surface area contributed by atoms with Gasteiger partial charge in [0.15, 0.2) is 9.03 Å². The smallest absolute Gasteiger partial charge is 0.194 e. The van der Waals surface area contributed by atoms with Gasteiger partial charge in [-0.05, 0) is 13.3 Å². The van der Waals surface area contributed by atoms with E-state index in [0.717, 1.165) is 6.42 Å². The quantitative estimate of drug-likeness (QED) is 0.231. The van der Waals surface area contributed by atoms with E-state index >= 15 is 0 Å². The Hall–Kier alpha value is 0.310. The van der Waals surface area contributed by atoms with Crippen LogP contribution < -0.4 is 0 Å². The van der Waals surface area contributed by atoms with Gasteiger partial charge in [0.2, 0.25) is 0 Å². The largest absolute Gasteiger partial charge is 0.331 e. The van der Waals surface area contributed by atoms with Crippen LogP contribution in [-0.2, 0) is 9.20 Å². The minimum Gasteiger partial charge on any atom is -0.331 e. The van der Waals surface area contributed by atoms with Crippen molar-refractivity contribution in [2.75, 3.05) is 0 Å². The lowest BCUT2D eigenvalue weighted by Crippen LogP contribution is -2.01. The lowest BCUT2D eigenvalue weighted by molar-refractivity contribution is -0.134. The average molecular weight is 250 g/mol. The lowest BCUT2D eigenvalue weighted by atomic mass is 10.1. The van der Waals surface area contributed by atoms with Gasteiger partial charge in [0.05, 0.1) is 6.10 Å². The highest BCUT2D eigenvalue weighted by Crippen LogP contribution is 2.18. The molecule has 4 heteroatoms. The molecule has 0 aliphatic rings. The predicted octanol–water partition coefficient (Wildman–Crippen LogP) is 4.92. The maximum atomic E-state index is 8.11. The molecule has 0 rings (SSSR count). The van der Waals surface area contributed by atoms with Crippen molar-refractivity contribution in [1.82, 2.24) is 0 Å². The van der Waals surface area contributed by atoms with Gasteiger partial charge < -0.3 is 4.52 Å². The van der Waals surface area contributed by atoms with Crippen molar-refractivity contribution in [3.05, 3.63) is 0 Å². The molecule has 16 heavy (non-hydrogen) atoms. The van der Waals surface area contributed by atoms with Crippen LogP contribution in [0.3, 0.4) is 0 Å². The zero-order chi connectivity index (χ0) is 12.1. The first-order valence-electron chi connectivity index (χ1n) is 6.52. The van der Waals surface area contributed by atoms with Crippen molar-refractivity contribution < 1.29 is 14.5 Å². The fourth-order valence-corrected chi connectivity index (χ4v) is 2.05. The Morgan fingerprint density at radius 2 is 1.56 bits per heavy atom. The topological polar surface area (TPSA) is 38.7 Å². The zero-order valence-electron chi connectivity index (χ0n) is 10.7. The predicted molar refractivity (Wildman–Crippen MR) is 69.8 cm³/mol. The first-order chi connectivity index (χ1) is 7.81. The van der Waals surface area contributed by atoms with E-state index in [1.54, 1.807) is 0 Å². The van der Waals surface area contributed by atoms with Crippen LogP contribution in [-0.4, -0.2) is 11.4 Å². The minimum atomic E-state index is -0.237. The third kappa shape index (κ3) is 12.4. The monoisotopic (exact) mass is 250 g/mol. The molecule has 0 saturated carbocycles. The molecule has 2 unspecified atom stereocenters. The summed E-state index contributed by atoms with van der Waals surface area (Å²) in [5.41, 5.74) is 0. The van der Waals surface area contributed by atoms with Gasteiger partial charge in [-0.3, -0.25) is 0 Å². The molecule has 0 saturated heterocycles. The fraction of sp³-hybridized carbons (Fsp3) is 1.00.